The van der Waals surface area contributed by atoms with Crippen molar-refractivity contribution < 1.29 is 19.2 Å². The van der Waals surface area contributed by atoms with Crippen LogP contribution in [0.5, 0.6) is 0 Å². The Labute approximate surface area is 123 Å². The lowest BCUT2D eigenvalue weighted by Crippen LogP contribution is -2.33. The highest BCUT2D eigenvalue weighted by Crippen LogP contribution is 2.32. The molecule has 2 N–H and O–H groups in total. The molecular weight excluding hydrogens is 272 g/mol. The normalized spacial score (nSPS) is 23.0. The van der Waals surface area contributed by atoms with Crippen LogP contribution in [0.2, 0.25) is 0 Å². The molecule has 0 radical (unpaired) electrons. The molecule has 1 aliphatic rings. The molecule has 116 valence electrons. The summed E-state index contributed by atoms with van der Waals surface area (Å²) in [6, 6.07) is -0.132. The SMILES string of the molecule is CCC(NC(=O)[C@@H]1CC[C@H](C(=O)O)C1)c1c(C)noc1C. The Morgan fingerprint density at radius 1 is 1.38 bits per heavy atom. The first-order valence-corrected chi connectivity index (χ1v) is 7.40. The number of hydrogen-bond acceptors (Lipinski definition) is 4. The topological polar surface area (TPSA) is 92.4 Å². The van der Waals surface area contributed by atoms with E-state index in [4.69, 9.17) is 9.63 Å². The van der Waals surface area contributed by atoms with Crippen molar-refractivity contribution in [1.82, 2.24) is 10.5 Å². The highest BCUT2D eigenvalue weighted by Gasteiger charge is 2.35. The molecule has 3 atom stereocenters. The second-order valence-corrected chi connectivity index (χ2v) is 5.75. The van der Waals surface area contributed by atoms with Gasteiger partial charge in [0, 0.05) is 11.5 Å². The van der Waals surface area contributed by atoms with Crippen molar-refractivity contribution in [3.8, 4) is 0 Å². The van der Waals surface area contributed by atoms with Crippen LogP contribution < -0.4 is 5.32 Å². The smallest absolute Gasteiger partial charge is 0.306 e. The Morgan fingerprint density at radius 3 is 2.52 bits per heavy atom. The third kappa shape index (κ3) is 3.25. The molecule has 1 saturated carbocycles. The summed E-state index contributed by atoms with van der Waals surface area (Å²) in [4.78, 5) is 23.3. The zero-order chi connectivity index (χ0) is 15.6. The van der Waals surface area contributed by atoms with Crippen LogP contribution in [0, 0.1) is 25.7 Å². The van der Waals surface area contributed by atoms with Crippen LogP contribution in [-0.4, -0.2) is 22.1 Å². The molecular formula is C15H22N2O4. The summed E-state index contributed by atoms with van der Waals surface area (Å²) in [7, 11) is 0. The van der Waals surface area contributed by atoms with Crippen molar-refractivity contribution in [1.29, 1.82) is 0 Å². The standard InChI is InChI=1S/C15H22N2O4/c1-4-12(13-8(2)17-21-9(13)3)16-14(18)10-5-6-11(7-10)15(19)20/h10-12H,4-7H2,1-3H3,(H,16,18)(H,19,20)/t10-,11+,12?/m1/s1. The minimum absolute atomic E-state index is 0.0643. The van der Waals surface area contributed by atoms with Crippen LogP contribution in [0.25, 0.3) is 0 Å². The fourth-order valence-electron chi connectivity index (χ4n) is 3.10. The molecule has 0 aliphatic heterocycles. The maximum atomic E-state index is 12.3. The van der Waals surface area contributed by atoms with Crippen LogP contribution in [0.4, 0.5) is 0 Å². The molecule has 1 aliphatic carbocycles. The average Bonchev–Trinajstić information content (AvgIpc) is 3.04. The van der Waals surface area contributed by atoms with E-state index in [1.807, 2.05) is 20.8 Å². The zero-order valence-corrected chi connectivity index (χ0v) is 12.7. The Morgan fingerprint density at radius 2 is 2.05 bits per heavy atom. The van der Waals surface area contributed by atoms with E-state index in [0.717, 1.165) is 23.4 Å². The van der Waals surface area contributed by atoms with Crippen LogP contribution in [0.3, 0.4) is 0 Å². The third-order valence-corrected chi connectivity index (χ3v) is 4.31. The fraction of sp³-hybridized carbons (Fsp3) is 0.667. The second-order valence-electron chi connectivity index (χ2n) is 5.75. The Bertz CT molecular complexity index is 518. The first-order chi connectivity index (χ1) is 9.93. The summed E-state index contributed by atoms with van der Waals surface area (Å²) in [5.41, 5.74) is 1.72. The van der Waals surface area contributed by atoms with E-state index in [0.29, 0.717) is 19.3 Å². The number of amides is 1. The van der Waals surface area contributed by atoms with Crippen molar-refractivity contribution in [2.45, 2.75) is 52.5 Å². The molecule has 6 nitrogen and oxygen atoms in total. The molecule has 6 heteroatoms. The van der Waals surface area contributed by atoms with E-state index in [2.05, 4.69) is 10.5 Å². The largest absolute Gasteiger partial charge is 0.481 e. The van der Waals surface area contributed by atoms with Gasteiger partial charge in [0.2, 0.25) is 5.91 Å². The van der Waals surface area contributed by atoms with Gasteiger partial charge in [-0.3, -0.25) is 9.59 Å². The van der Waals surface area contributed by atoms with Gasteiger partial charge in [-0.05, 0) is 39.5 Å². The fourth-order valence-corrected chi connectivity index (χ4v) is 3.10. The van der Waals surface area contributed by atoms with Gasteiger partial charge < -0.3 is 14.9 Å². The molecule has 21 heavy (non-hydrogen) atoms. The minimum Gasteiger partial charge on any atom is -0.481 e. The van der Waals surface area contributed by atoms with E-state index >= 15 is 0 Å². The summed E-state index contributed by atoms with van der Waals surface area (Å²) in [6.07, 6.45) is 2.39. The molecule has 1 heterocycles. The van der Waals surface area contributed by atoms with Crippen LogP contribution in [-0.2, 0) is 9.59 Å². The molecule has 2 rings (SSSR count). The Balaban J connectivity index is 2.03. The number of carboxylic acid groups (broad SMARTS) is 1. The van der Waals surface area contributed by atoms with Gasteiger partial charge in [-0.25, -0.2) is 0 Å². The summed E-state index contributed by atoms with van der Waals surface area (Å²) in [6.45, 7) is 5.68. The lowest BCUT2D eigenvalue weighted by molar-refractivity contribution is -0.141. The highest BCUT2D eigenvalue weighted by atomic mass is 16.5. The lowest BCUT2D eigenvalue weighted by Gasteiger charge is -2.19. The van der Waals surface area contributed by atoms with Gasteiger partial charge in [-0.1, -0.05) is 12.1 Å². The molecule has 1 amide bonds. The molecule has 1 fully saturated rings. The lowest BCUT2D eigenvalue weighted by atomic mass is 10.00. The number of carboxylic acids is 1. The van der Waals surface area contributed by atoms with Gasteiger partial charge >= 0.3 is 5.97 Å². The van der Waals surface area contributed by atoms with Crippen LogP contribution in [0.1, 0.15) is 55.7 Å². The first kappa shape index (κ1) is 15.5. The number of aromatic nitrogens is 1. The third-order valence-electron chi connectivity index (χ3n) is 4.31. The van der Waals surface area contributed by atoms with Crippen LogP contribution >= 0.6 is 0 Å². The van der Waals surface area contributed by atoms with Crippen molar-refractivity contribution in [2.75, 3.05) is 0 Å². The van der Waals surface area contributed by atoms with Gasteiger partial charge in [0.05, 0.1) is 17.7 Å². The van der Waals surface area contributed by atoms with Gasteiger partial charge in [0.15, 0.2) is 0 Å². The number of aryl methyl sites for hydroxylation is 2. The van der Waals surface area contributed by atoms with Crippen molar-refractivity contribution >= 4 is 11.9 Å². The number of carbonyl (C=O) groups excluding carboxylic acids is 1. The minimum atomic E-state index is -0.803. The van der Waals surface area contributed by atoms with E-state index in [-0.39, 0.29) is 23.8 Å². The van der Waals surface area contributed by atoms with E-state index in [1.165, 1.54) is 0 Å². The number of hydrogen-bond donors (Lipinski definition) is 2. The van der Waals surface area contributed by atoms with Gasteiger partial charge in [0.1, 0.15) is 5.76 Å². The Hall–Kier alpha value is -1.85. The molecule has 1 unspecified atom stereocenters. The van der Waals surface area contributed by atoms with Gasteiger partial charge in [-0.15, -0.1) is 0 Å². The van der Waals surface area contributed by atoms with Crippen molar-refractivity contribution in [2.24, 2.45) is 11.8 Å². The summed E-state index contributed by atoms with van der Waals surface area (Å²) in [5, 5.41) is 16.0. The van der Waals surface area contributed by atoms with E-state index < -0.39 is 5.97 Å². The zero-order valence-electron chi connectivity index (χ0n) is 12.7. The van der Waals surface area contributed by atoms with Gasteiger partial charge in [0.25, 0.3) is 0 Å². The predicted octanol–water partition coefficient (Wildman–Crippen LogP) is 2.36. The summed E-state index contributed by atoms with van der Waals surface area (Å²) >= 11 is 0. The molecule has 0 saturated heterocycles. The second kappa shape index (κ2) is 6.28. The quantitative estimate of drug-likeness (QED) is 0.869. The van der Waals surface area contributed by atoms with Crippen molar-refractivity contribution in [3.63, 3.8) is 0 Å². The number of nitrogens with zero attached hydrogens (tertiary/aromatic N) is 1. The number of aliphatic carboxylic acids is 1. The maximum Gasteiger partial charge on any atom is 0.306 e. The molecule has 1 aromatic heterocycles. The number of rotatable bonds is 5. The number of nitrogens with one attached hydrogen (secondary N) is 1. The van der Waals surface area contributed by atoms with Crippen molar-refractivity contribution in [3.05, 3.63) is 17.0 Å². The highest BCUT2D eigenvalue weighted by molar-refractivity contribution is 5.81. The van der Waals surface area contributed by atoms with Crippen LogP contribution in [0.15, 0.2) is 4.52 Å². The number of carbonyl (C=O) groups is 2. The molecule has 0 aromatic carbocycles. The predicted molar refractivity (Wildman–Crippen MR) is 75.6 cm³/mol. The molecule has 1 aromatic rings. The first-order valence-electron chi connectivity index (χ1n) is 7.40. The monoisotopic (exact) mass is 294 g/mol. The Kier molecular flexibility index (Phi) is 4.65. The van der Waals surface area contributed by atoms with E-state index in [1.54, 1.807) is 0 Å². The average molecular weight is 294 g/mol. The molecule has 0 spiro atoms. The maximum absolute atomic E-state index is 12.3. The molecule has 0 bridgehead atoms. The van der Waals surface area contributed by atoms with Gasteiger partial charge in [-0.2, -0.15) is 0 Å². The van der Waals surface area contributed by atoms with E-state index in [9.17, 15) is 9.59 Å². The summed E-state index contributed by atoms with van der Waals surface area (Å²) < 4.78 is 5.15. The summed E-state index contributed by atoms with van der Waals surface area (Å²) in [5.74, 6) is -0.747.